The molecule has 2 atom stereocenters. The van der Waals surface area contributed by atoms with Crippen LogP contribution in [0, 0.1) is 5.92 Å². The van der Waals surface area contributed by atoms with Crippen LogP contribution in [0.3, 0.4) is 0 Å². The lowest BCUT2D eigenvalue weighted by molar-refractivity contribution is -0.127. The first-order valence-corrected chi connectivity index (χ1v) is 8.76. The number of amides is 2. The van der Waals surface area contributed by atoms with E-state index in [1.807, 2.05) is 11.0 Å². The third-order valence-electron chi connectivity index (χ3n) is 4.85. The largest absolute Gasteiger partial charge is 0.466 e. The predicted molar refractivity (Wildman–Crippen MR) is 87.0 cm³/mol. The molecule has 3 rings (SSSR count). The summed E-state index contributed by atoms with van der Waals surface area (Å²) in [6.45, 7) is 4.48. The molecule has 2 aliphatic rings. The van der Waals surface area contributed by atoms with Crippen molar-refractivity contribution in [3.63, 3.8) is 0 Å². The Morgan fingerprint density at radius 2 is 2.26 bits per heavy atom. The first-order valence-electron chi connectivity index (χ1n) is 8.76. The van der Waals surface area contributed by atoms with E-state index in [0.717, 1.165) is 43.4 Å². The molecule has 1 aliphatic carbocycles. The van der Waals surface area contributed by atoms with Gasteiger partial charge in [-0.05, 0) is 37.3 Å². The second-order valence-electron chi connectivity index (χ2n) is 6.81. The van der Waals surface area contributed by atoms with Gasteiger partial charge in [-0.1, -0.05) is 6.92 Å². The average molecular weight is 318 g/mol. The Bertz CT molecular complexity index is 566. The Morgan fingerprint density at radius 1 is 1.43 bits per heavy atom. The SMILES string of the molecule is C[C@H]1C[C@@H]1c1ccc(CCC(=O)NCCCN2CCCC2=O)o1. The van der Waals surface area contributed by atoms with Crippen LogP contribution in [0.5, 0.6) is 0 Å². The van der Waals surface area contributed by atoms with Crippen LogP contribution in [0.15, 0.2) is 16.5 Å². The van der Waals surface area contributed by atoms with E-state index in [2.05, 4.69) is 18.3 Å². The van der Waals surface area contributed by atoms with Crippen LogP contribution in [0.25, 0.3) is 0 Å². The highest BCUT2D eigenvalue weighted by molar-refractivity contribution is 5.78. The van der Waals surface area contributed by atoms with Crippen molar-refractivity contribution in [3.8, 4) is 0 Å². The third kappa shape index (κ3) is 4.36. The minimum atomic E-state index is 0.0514. The molecule has 5 nitrogen and oxygen atoms in total. The fourth-order valence-electron chi connectivity index (χ4n) is 3.21. The van der Waals surface area contributed by atoms with Gasteiger partial charge in [0.1, 0.15) is 11.5 Å². The van der Waals surface area contributed by atoms with E-state index < -0.39 is 0 Å². The molecular formula is C18H26N2O3. The zero-order valence-corrected chi connectivity index (χ0v) is 13.8. The van der Waals surface area contributed by atoms with E-state index in [0.29, 0.717) is 31.7 Å². The molecule has 23 heavy (non-hydrogen) atoms. The summed E-state index contributed by atoms with van der Waals surface area (Å²) in [5, 5.41) is 2.92. The highest BCUT2D eigenvalue weighted by atomic mass is 16.3. The topological polar surface area (TPSA) is 62.6 Å². The first-order chi connectivity index (χ1) is 11.1. The molecule has 0 aromatic carbocycles. The minimum absolute atomic E-state index is 0.0514. The number of carbonyl (C=O) groups excluding carboxylic acids is 2. The summed E-state index contributed by atoms with van der Waals surface area (Å²) in [4.78, 5) is 25.2. The fourth-order valence-corrected chi connectivity index (χ4v) is 3.21. The third-order valence-corrected chi connectivity index (χ3v) is 4.85. The number of likely N-dealkylation sites (tertiary alicyclic amines) is 1. The van der Waals surface area contributed by atoms with Gasteiger partial charge in [-0.2, -0.15) is 0 Å². The standard InChI is InChI=1S/C18H26N2O3/c1-13-12-15(13)16-7-5-14(23-16)6-8-17(21)19-9-3-11-20-10-2-4-18(20)22/h5,7,13,15H,2-4,6,8-12H2,1H3,(H,19,21)/t13-,15-/m0/s1. The summed E-state index contributed by atoms with van der Waals surface area (Å²) in [6, 6.07) is 4.04. The van der Waals surface area contributed by atoms with E-state index in [4.69, 9.17) is 4.42 Å². The van der Waals surface area contributed by atoms with Crippen LogP contribution in [0.1, 0.15) is 56.5 Å². The molecule has 2 heterocycles. The molecule has 0 spiro atoms. The maximum absolute atomic E-state index is 11.8. The lowest BCUT2D eigenvalue weighted by Gasteiger charge is -2.15. The van der Waals surface area contributed by atoms with Crippen molar-refractivity contribution in [1.29, 1.82) is 0 Å². The van der Waals surface area contributed by atoms with Gasteiger partial charge in [-0.3, -0.25) is 9.59 Å². The molecule has 2 fully saturated rings. The Morgan fingerprint density at radius 3 is 2.96 bits per heavy atom. The van der Waals surface area contributed by atoms with E-state index in [9.17, 15) is 9.59 Å². The summed E-state index contributed by atoms with van der Waals surface area (Å²) in [5.41, 5.74) is 0. The molecule has 5 heteroatoms. The molecule has 0 radical (unpaired) electrons. The van der Waals surface area contributed by atoms with Crippen LogP contribution in [-0.2, 0) is 16.0 Å². The fraction of sp³-hybridized carbons (Fsp3) is 0.667. The van der Waals surface area contributed by atoms with E-state index in [1.54, 1.807) is 0 Å². The monoisotopic (exact) mass is 318 g/mol. The maximum atomic E-state index is 11.8. The molecule has 1 aromatic heterocycles. The quantitative estimate of drug-likeness (QED) is 0.749. The normalized spacial score (nSPS) is 23.3. The van der Waals surface area contributed by atoms with Gasteiger partial charge in [-0.15, -0.1) is 0 Å². The lowest BCUT2D eigenvalue weighted by Crippen LogP contribution is -2.30. The van der Waals surface area contributed by atoms with Crippen molar-refractivity contribution in [2.45, 2.75) is 51.4 Å². The van der Waals surface area contributed by atoms with Crippen molar-refractivity contribution >= 4 is 11.8 Å². The summed E-state index contributed by atoms with van der Waals surface area (Å²) in [5.74, 6) is 3.59. The minimum Gasteiger partial charge on any atom is -0.466 e. The molecule has 1 N–H and O–H groups in total. The number of nitrogens with zero attached hydrogens (tertiary/aromatic N) is 1. The molecule has 0 unspecified atom stereocenters. The Balaban J connectivity index is 1.29. The van der Waals surface area contributed by atoms with Crippen LogP contribution < -0.4 is 5.32 Å². The number of aryl methyl sites for hydroxylation is 1. The van der Waals surface area contributed by atoms with E-state index in [1.165, 1.54) is 6.42 Å². The van der Waals surface area contributed by atoms with E-state index >= 15 is 0 Å². The van der Waals surface area contributed by atoms with Gasteiger partial charge < -0.3 is 14.6 Å². The predicted octanol–water partition coefficient (Wildman–Crippen LogP) is 2.46. The van der Waals surface area contributed by atoms with Crippen LogP contribution >= 0.6 is 0 Å². The average Bonchev–Trinajstić information content (AvgIpc) is 2.93. The van der Waals surface area contributed by atoms with Crippen LogP contribution in [-0.4, -0.2) is 36.3 Å². The molecule has 1 saturated heterocycles. The van der Waals surface area contributed by atoms with Gasteiger partial charge in [0.2, 0.25) is 11.8 Å². The molecule has 126 valence electrons. The van der Waals surface area contributed by atoms with Gasteiger partial charge in [0.15, 0.2) is 0 Å². The van der Waals surface area contributed by atoms with Gasteiger partial charge in [-0.25, -0.2) is 0 Å². The summed E-state index contributed by atoms with van der Waals surface area (Å²) in [7, 11) is 0. The zero-order valence-electron chi connectivity index (χ0n) is 13.8. The number of carbonyl (C=O) groups is 2. The first kappa shape index (κ1) is 16.1. The van der Waals surface area contributed by atoms with E-state index in [-0.39, 0.29) is 11.8 Å². The number of hydrogen-bond acceptors (Lipinski definition) is 3. The van der Waals surface area contributed by atoms with Crippen molar-refractivity contribution in [2.24, 2.45) is 5.92 Å². The van der Waals surface area contributed by atoms with Gasteiger partial charge in [0, 0.05) is 44.8 Å². The number of nitrogens with one attached hydrogen (secondary N) is 1. The highest BCUT2D eigenvalue weighted by Crippen LogP contribution is 2.47. The van der Waals surface area contributed by atoms with Crippen LogP contribution in [0.4, 0.5) is 0 Å². The van der Waals surface area contributed by atoms with Crippen molar-refractivity contribution in [1.82, 2.24) is 10.2 Å². The van der Waals surface area contributed by atoms with Crippen LogP contribution in [0.2, 0.25) is 0 Å². The molecule has 1 aliphatic heterocycles. The molecule has 1 aromatic rings. The van der Waals surface area contributed by atoms with Gasteiger partial charge >= 0.3 is 0 Å². The summed E-state index contributed by atoms with van der Waals surface area (Å²) >= 11 is 0. The maximum Gasteiger partial charge on any atom is 0.222 e. The number of hydrogen-bond donors (Lipinski definition) is 1. The Hall–Kier alpha value is -1.78. The van der Waals surface area contributed by atoms with Gasteiger partial charge in [0.25, 0.3) is 0 Å². The molecule has 0 bridgehead atoms. The number of furan rings is 1. The van der Waals surface area contributed by atoms with Crippen molar-refractivity contribution in [3.05, 3.63) is 23.7 Å². The Labute approximate surface area is 137 Å². The number of rotatable bonds is 8. The summed E-state index contributed by atoms with van der Waals surface area (Å²) < 4.78 is 5.81. The lowest BCUT2D eigenvalue weighted by atomic mass is 10.2. The zero-order chi connectivity index (χ0) is 16.2. The van der Waals surface area contributed by atoms with Crippen molar-refractivity contribution < 1.29 is 14.0 Å². The summed E-state index contributed by atoms with van der Waals surface area (Å²) in [6.07, 6.45) is 4.79. The smallest absolute Gasteiger partial charge is 0.222 e. The Kier molecular flexibility index (Phi) is 5.03. The molecule has 2 amide bonds. The molecule has 1 saturated carbocycles. The molecular weight excluding hydrogens is 292 g/mol. The second-order valence-corrected chi connectivity index (χ2v) is 6.81. The highest BCUT2D eigenvalue weighted by Gasteiger charge is 2.36. The van der Waals surface area contributed by atoms with Crippen molar-refractivity contribution in [2.75, 3.05) is 19.6 Å². The second kappa shape index (κ2) is 7.20. The van der Waals surface area contributed by atoms with Gasteiger partial charge in [0.05, 0.1) is 0 Å².